The molecule has 1 N–H and O–H groups in total. The van der Waals surface area contributed by atoms with Crippen molar-refractivity contribution in [2.45, 2.75) is 6.10 Å². The van der Waals surface area contributed by atoms with E-state index in [9.17, 15) is 9.90 Å². The van der Waals surface area contributed by atoms with E-state index in [1.807, 2.05) is 43.3 Å². The molecule has 23 heavy (non-hydrogen) atoms. The number of hydrogen-bond donors (Lipinski definition) is 1. The lowest BCUT2D eigenvalue weighted by atomic mass is 9.92. The highest BCUT2D eigenvalue weighted by atomic mass is 16.6. The molecule has 0 fully saturated rings. The number of ether oxygens (including phenoxy) is 2. The van der Waals surface area contributed by atoms with Crippen molar-refractivity contribution >= 4 is 5.97 Å². The van der Waals surface area contributed by atoms with Gasteiger partial charge in [0, 0.05) is 17.7 Å². The van der Waals surface area contributed by atoms with Gasteiger partial charge in [0.2, 0.25) is 6.10 Å². The summed E-state index contributed by atoms with van der Waals surface area (Å²) in [6.45, 7) is 0.973. The van der Waals surface area contributed by atoms with Crippen LogP contribution in [0.15, 0.2) is 42.5 Å². The maximum absolute atomic E-state index is 12.4. The number of carbonyl (C=O) groups excluding carboxylic acids is 1. The van der Waals surface area contributed by atoms with Gasteiger partial charge in [0.05, 0.1) is 0 Å². The second-order valence-electron chi connectivity index (χ2n) is 5.74. The van der Waals surface area contributed by atoms with E-state index in [-0.39, 0.29) is 5.75 Å². The number of fused-ring (bicyclic) bond motifs is 3. The van der Waals surface area contributed by atoms with E-state index in [0.717, 1.165) is 16.7 Å². The molecule has 2 aromatic carbocycles. The van der Waals surface area contributed by atoms with Crippen LogP contribution < -0.4 is 4.74 Å². The number of hydrogen-bond acceptors (Lipinski definition) is 5. The Morgan fingerprint density at radius 2 is 2.00 bits per heavy atom. The standard InChI is InChI=1S/C18H19NO4/c1-19(2)9-10-22-18(21)17-14-6-4-3-5-13(14)15-11-12(20)7-8-16(15)23-17/h3-8,11,17,20H,9-10H2,1-2H3. The van der Waals surface area contributed by atoms with Gasteiger partial charge in [-0.15, -0.1) is 0 Å². The van der Waals surface area contributed by atoms with Crippen LogP contribution in [0.2, 0.25) is 0 Å². The number of phenols is 1. The quantitative estimate of drug-likeness (QED) is 0.879. The molecule has 0 radical (unpaired) electrons. The summed E-state index contributed by atoms with van der Waals surface area (Å²) in [4.78, 5) is 14.3. The number of carbonyl (C=O) groups is 1. The molecule has 5 heteroatoms. The number of esters is 1. The summed E-state index contributed by atoms with van der Waals surface area (Å²) in [5, 5.41) is 9.71. The molecule has 0 saturated heterocycles. The minimum Gasteiger partial charge on any atom is -0.508 e. The van der Waals surface area contributed by atoms with E-state index < -0.39 is 12.1 Å². The molecular formula is C18H19NO4. The second-order valence-corrected chi connectivity index (χ2v) is 5.74. The largest absolute Gasteiger partial charge is 0.508 e. The molecule has 1 heterocycles. The summed E-state index contributed by atoms with van der Waals surface area (Å²) in [6, 6.07) is 12.4. The summed E-state index contributed by atoms with van der Waals surface area (Å²) < 4.78 is 11.2. The molecule has 0 bridgehead atoms. The highest BCUT2D eigenvalue weighted by Gasteiger charge is 2.32. The first-order valence-electron chi connectivity index (χ1n) is 7.46. The fourth-order valence-corrected chi connectivity index (χ4v) is 2.57. The van der Waals surface area contributed by atoms with Crippen molar-refractivity contribution in [2.75, 3.05) is 27.2 Å². The molecule has 5 nitrogen and oxygen atoms in total. The molecule has 1 aliphatic rings. The lowest BCUT2D eigenvalue weighted by Crippen LogP contribution is -2.27. The van der Waals surface area contributed by atoms with Crippen molar-refractivity contribution < 1.29 is 19.4 Å². The Morgan fingerprint density at radius 3 is 2.78 bits per heavy atom. The van der Waals surface area contributed by atoms with Gasteiger partial charge >= 0.3 is 5.97 Å². The number of benzene rings is 2. The number of likely N-dealkylation sites (N-methyl/N-ethyl adjacent to an activating group) is 1. The first kappa shape index (κ1) is 15.4. The molecule has 0 saturated carbocycles. The van der Waals surface area contributed by atoms with Crippen molar-refractivity contribution in [3.63, 3.8) is 0 Å². The van der Waals surface area contributed by atoms with Crippen LogP contribution in [0.3, 0.4) is 0 Å². The van der Waals surface area contributed by atoms with Crippen LogP contribution in [0.1, 0.15) is 11.7 Å². The zero-order valence-corrected chi connectivity index (χ0v) is 13.2. The molecule has 1 unspecified atom stereocenters. The van der Waals surface area contributed by atoms with Crippen LogP contribution in [0.5, 0.6) is 11.5 Å². The van der Waals surface area contributed by atoms with E-state index >= 15 is 0 Å². The number of nitrogens with zero attached hydrogens (tertiary/aromatic N) is 1. The van der Waals surface area contributed by atoms with Gasteiger partial charge in [0.1, 0.15) is 18.1 Å². The first-order valence-corrected chi connectivity index (χ1v) is 7.46. The number of phenolic OH excluding ortho intramolecular Hbond substituents is 1. The fourth-order valence-electron chi connectivity index (χ4n) is 2.57. The summed E-state index contributed by atoms with van der Waals surface area (Å²) in [5.41, 5.74) is 2.40. The maximum Gasteiger partial charge on any atom is 0.352 e. The maximum atomic E-state index is 12.4. The highest BCUT2D eigenvalue weighted by molar-refractivity contribution is 5.86. The van der Waals surface area contributed by atoms with Gasteiger partial charge in [-0.05, 0) is 37.9 Å². The third-order valence-electron chi connectivity index (χ3n) is 3.74. The molecule has 0 aliphatic carbocycles. The summed E-state index contributed by atoms with van der Waals surface area (Å²) in [5.74, 6) is 0.322. The topological polar surface area (TPSA) is 59.0 Å². The summed E-state index contributed by atoms with van der Waals surface area (Å²) >= 11 is 0. The van der Waals surface area contributed by atoms with E-state index in [0.29, 0.717) is 18.9 Å². The molecular weight excluding hydrogens is 294 g/mol. The summed E-state index contributed by atoms with van der Waals surface area (Å²) in [7, 11) is 3.84. The van der Waals surface area contributed by atoms with Crippen molar-refractivity contribution in [1.82, 2.24) is 4.90 Å². The van der Waals surface area contributed by atoms with Crippen LogP contribution in [0.25, 0.3) is 11.1 Å². The van der Waals surface area contributed by atoms with Crippen LogP contribution >= 0.6 is 0 Å². The Morgan fingerprint density at radius 1 is 1.22 bits per heavy atom. The highest BCUT2D eigenvalue weighted by Crippen LogP contribution is 2.43. The van der Waals surface area contributed by atoms with Gasteiger partial charge in [-0.1, -0.05) is 24.3 Å². The SMILES string of the molecule is CN(C)CCOC(=O)C1Oc2ccc(O)cc2-c2ccccc21. The molecule has 120 valence electrons. The minimum absolute atomic E-state index is 0.161. The van der Waals surface area contributed by atoms with Gasteiger partial charge in [-0.2, -0.15) is 0 Å². The Bertz CT molecular complexity index is 727. The Labute approximate surface area is 135 Å². The zero-order chi connectivity index (χ0) is 16.4. The second kappa shape index (κ2) is 6.30. The van der Waals surface area contributed by atoms with Crippen molar-refractivity contribution in [1.29, 1.82) is 0 Å². The first-order chi connectivity index (χ1) is 11.1. The van der Waals surface area contributed by atoms with Crippen LogP contribution in [0, 0.1) is 0 Å². The predicted octanol–water partition coefficient (Wildman–Crippen LogP) is 2.60. The summed E-state index contributed by atoms with van der Waals surface area (Å²) in [6.07, 6.45) is -0.787. The fraction of sp³-hybridized carbons (Fsp3) is 0.278. The monoisotopic (exact) mass is 313 g/mol. The third-order valence-corrected chi connectivity index (χ3v) is 3.74. The molecule has 3 rings (SSSR count). The van der Waals surface area contributed by atoms with Crippen molar-refractivity contribution in [3.8, 4) is 22.6 Å². The van der Waals surface area contributed by atoms with Gasteiger partial charge in [0.15, 0.2) is 0 Å². The number of rotatable bonds is 4. The normalized spacial score (nSPS) is 15.5. The Hall–Kier alpha value is -2.53. The lowest BCUT2D eigenvalue weighted by Gasteiger charge is -2.27. The molecule has 2 aromatic rings. The van der Waals surface area contributed by atoms with Crippen molar-refractivity contribution in [2.24, 2.45) is 0 Å². The molecule has 1 atom stereocenters. The van der Waals surface area contributed by atoms with E-state index in [1.165, 1.54) is 0 Å². The Kier molecular flexibility index (Phi) is 4.21. The van der Waals surface area contributed by atoms with Gasteiger partial charge in [0.25, 0.3) is 0 Å². The van der Waals surface area contributed by atoms with Crippen molar-refractivity contribution in [3.05, 3.63) is 48.0 Å². The van der Waals surface area contributed by atoms with Gasteiger partial charge < -0.3 is 19.5 Å². The Balaban J connectivity index is 1.89. The van der Waals surface area contributed by atoms with Crippen LogP contribution in [-0.4, -0.2) is 43.2 Å². The predicted molar refractivity (Wildman–Crippen MR) is 86.4 cm³/mol. The molecule has 0 spiro atoms. The van der Waals surface area contributed by atoms with E-state index in [2.05, 4.69) is 0 Å². The van der Waals surface area contributed by atoms with E-state index in [1.54, 1.807) is 18.2 Å². The van der Waals surface area contributed by atoms with Gasteiger partial charge in [-0.25, -0.2) is 4.79 Å². The molecule has 0 aromatic heterocycles. The lowest BCUT2D eigenvalue weighted by molar-refractivity contribution is -0.152. The average Bonchev–Trinajstić information content (AvgIpc) is 2.53. The smallest absolute Gasteiger partial charge is 0.352 e. The van der Waals surface area contributed by atoms with Crippen LogP contribution in [0.4, 0.5) is 0 Å². The minimum atomic E-state index is -0.787. The molecule has 0 amide bonds. The third kappa shape index (κ3) is 3.14. The number of aromatic hydroxyl groups is 1. The average molecular weight is 313 g/mol. The molecule has 1 aliphatic heterocycles. The zero-order valence-electron chi connectivity index (χ0n) is 13.2. The van der Waals surface area contributed by atoms with Crippen LogP contribution in [-0.2, 0) is 9.53 Å². The van der Waals surface area contributed by atoms with Gasteiger partial charge in [-0.3, -0.25) is 0 Å². The van der Waals surface area contributed by atoms with E-state index in [4.69, 9.17) is 9.47 Å².